The van der Waals surface area contributed by atoms with Crippen LogP contribution in [-0.4, -0.2) is 6.54 Å². The van der Waals surface area contributed by atoms with E-state index < -0.39 is 0 Å². The van der Waals surface area contributed by atoms with Gasteiger partial charge in [0, 0.05) is 18.9 Å². The van der Waals surface area contributed by atoms with Gasteiger partial charge in [-0.1, -0.05) is 13.3 Å². The first-order valence-corrected chi connectivity index (χ1v) is 3.02. The van der Waals surface area contributed by atoms with Gasteiger partial charge in [0.2, 0.25) is 0 Å². The van der Waals surface area contributed by atoms with Crippen molar-refractivity contribution in [2.75, 3.05) is 6.54 Å². The molecule has 0 saturated heterocycles. The predicted molar refractivity (Wildman–Crippen MR) is 36.2 cm³/mol. The molecule has 0 heterocycles. The van der Waals surface area contributed by atoms with Gasteiger partial charge in [0.1, 0.15) is 0 Å². The van der Waals surface area contributed by atoms with E-state index in [0.29, 0.717) is 0 Å². The first kappa shape index (κ1) is 7.34. The van der Waals surface area contributed by atoms with Gasteiger partial charge < -0.3 is 11.1 Å². The van der Waals surface area contributed by atoms with E-state index in [2.05, 4.69) is 12.2 Å². The van der Waals surface area contributed by atoms with Gasteiger partial charge in [0.05, 0.1) is 0 Å². The summed E-state index contributed by atoms with van der Waals surface area (Å²) in [6.07, 6.45) is 5.71. The zero-order valence-corrected chi connectivity index (χ0v) is 5.35. The smallest absolute Gasteiger partial charge is 0.0141 e. The Morgan fingerprint density at radius 1 is 1.62 bits per heavy atom. The maximum absolute atomic E-state index is 5.07. The van der Waals surface area contributed by atoms with Crippen LogP contribution < -0.4 is 11.1 Å². The second kappa shape index (κ2) is 6.34. The summed E-state index contributed by atoms with van der Waals surface area (Å²) >= 11 is 0. The molecule has 0 fully saturated rings. The van der Waals surface area contributed by atoms with Crippen LogP contribution in [0.15, 0.2) is 12.4 Å². The van der Waals surface area contributed by atoms with Crippen LogP contribution in [0.3, 0.4) is 0 Å². The van der Waals surface area contributed by atoms with Crippen LogP contribution in [0.5, 0.6) is 0 Å². The van der Waals surface area contributed by atoms with E-state index in [4.69, 9.17) is 5.73 Å². The van der Waals surface area contributed by atoms with E-state index in [0.717, 1.165) is 6.54 Å². The lowest BCUT2D eigenvalue weighted by Crippen LogP contribution is -2.06. The minimum Gasteiger partial charge on any atom is -0.403 e. The molecule has 8 heavy (non-hydrogen) atoms. The van der Waals surface area contributed by atoms with Crippen molar-refractivity contribution in [3.05, 3.63) is 12.4 Å². The molecule has 0 aromatic rings. The number of nitrogens with one attached hydrogen (secondary N) is 1. The average molecular weight is 114 g/mol. The molecule has 0 aliphatic heterocycles. The molecule has 0 unspecified atom stereocenters. The molecule has 0 rings (SSSR count). The molecule has 0 aliphatic carbocycles. The van der Waals surface area contributed by atoms with Crippen molar-refractivity contribution in [3.63, 3.8) is 0 Å². The second-order valence-electron chi connectivity index (χ2n) is 1.67. The van der Waals surface area contributed by atoms with Crippen LogP contribution in [0.4, 0.5) is 0 Å². The van der Waals surface area contributed by atoms with Crippen molar-refractivity contribution in [2.45, 2.75) is 19.8 Å². The largest absolute Gasteiger partial charge is 0.403 e. The summed E-state index contributed by atoms with van der Waals surface area (Å²) in [7, 11) is 0. The van der Waals surface area contributed by atoms with Gasteiger partial charge in [-0.3, -0.25) is 0 Å². The molecular formula is C6H14N2. The maximum Gasteiger partial charge on any atom is 0.0141 e. The summed E-state index contributed by atoms with van der Waals surface area (Å²) in [6.45, 7) is 3.19. The molecule has 3 N–H and O–H groups in total. The molecule has 2 heteroatoms. The monoisotopic (exact) mass is 114 g/mol. The summed E-state index contributed by atoms with van der Waals surface area (Å²) in [4.78, 5) is 0. The molecule has 0 aromatic heterocycles. The fourth-order valence-electron chi connectivity index (χ4n) is 0.430. The van der Waals surface area contributed by atoms with Crippen LogP contribution in [0.1, 0.15) is 19.8 Å². The molecule has 0 spiro atoms. The van der Waals surface area contributed by atoms with E-state index in [9.17, 15) is 0 Å². The number of unbranched alkanes of at least 4 members (excludes halogenated alkanes) is 1. The fourth-order valence-corrected chi connectivity index (χ4v) is 0.430. The molecular weight excluding hydrogens is 100 g/mol. The normalized spacial score (nSPS) is 10.1. The van der Waals surface area contributed by atoms with Crippen molar-refractivity contribution in [1.29, 1.82) is 0 Å². The molecule has 0 saturated carbocycles. The Morgan fingerprint density at radius 2 is 2.38 bits per heavy atom. The molecule has 48 valence electrons. The van der Waals surface area contributed by atoms with E-state index >= 15 is 0 Å². The number of rotatable bonds is 4. The zero-order valence-electron chi connectivity index (χ0n) is 5.35. The Bertz CT molecular complexity index is 59.5. The average Bonchev–Trinajstić information content (AvgIpc) is 1.81. The molecule has 0 amide bonds. The number of hydrogen-bond acceptors (Lipinski definition) is 2. The minimum absolute atomic E-state index is 1.03. The maximum atomic E-state index is 5.07. The lowest BCUT2D eigenvalue weighted by molar-refractivity contribution is 0.734. The SMILES string of the molecule is CCCCNC=CN. The third kappa shape index (κ3) is 5.34. The van der Waals surface area contributed by atoms with Crippen LogP contribution in [0.2, 0.25) is 0 Å². The summed E-state index contributed by atoms with van der Waals surface area (Å²) in [5.74, 6) is 0. The third-order valence-corrected chi connectivity index (χ3v) is 0.889. The quantitative estimate of drug-likeness (QED) is 0.531. The Balaban J connectivity index is 2.72. The highest BCUT2D eigenvalue weighted by Crippen LogP contribution is 1.80. The Morgan fingerprint density at radius 3 is 2.88 bits per heavy atom. The van der Waals surface area contributed by atoms with E-state index in [1.165, 1.54) is 19.0 Å². The molecule has 0 bridgehead atoms. The van der Waals surface area contributed by atoms with Gasteiger partial charge in [-0.05, 0) is 6.42 Å². The van der Waals surface area contributed by atoms with E-state index in [-0.39, 0.29) is 0 Å². The van der Waals surface area contributed by atoms with Gasteiger partial charge in [-0.25, -0.2) is 0 Å². The van der Waals surface area contributed by atoms with E-state index in [1.54, 1.807) is 6.20 Å². The van der Waals surface area contributed by atoms with Gasteiger partial charge in [-0.15, -0.1) is 0 Å². The first-order chi connectivity index (χ1) is 3.91. The topological polar surface area (TPSA) is 38.0 Å². The molecule has 2 nitrogen and oxygen atoms in total. The van der Waals surface area contributed by atoms with Crippen molar-refractivity contribution in [2.24, 2.45) is 5.73 Å². The van der Waals surface area contributed by atoms with Gasteiger partial charge in [-0.2, -0.15) is 0 Å². The minimum atomic E-state index is 1.03. The predicted octanol–water partition coefficient (Wildman–Crippen LogP) is 0.806. The molecule has 0 aromatic carbocycles. The molecule has 0 radical (unpaired) electrons. The second-order valence-corrected chi connectivity index (χ2v) is 1.67. The van der Waals surface area contributed by atoms with Gasteiger partial charge in [0.25, 0.3) is 0 Å². The zero-order chi connectivity index (χ0) is 6.24. The van der Waals surface area contributed by atoms with E-state index in [1.807, 2.05) is 0 Å². The van der Waals surface area contributed by atoms with Crippen LogP contribution in [0.25, 0.3) is 0 Å². The summed E-state index contributed by atoms with van der Waals surface area (Å²) in [5, 5.41) is 3.03. The lowest BCUT2D eigenvalue weighted by atomic mass is 10.3. The Labute approximate surface area is 50.8 Å². The standard InChI is InChI=1S/C6H14N2/c1-2-3-5-8-6-4-7/h4,6,8H,2-3,5,7H2,1H3. The highest BCUT2D eigenvalue weighted by Gasteiger charge is 1.75. The highest BCUT2D eigenvalue weighted by atomic mass is 14.8. The Kier molecular flexibility index (Phi) is 5.82. The van der Waals surface area contributed by atoms with Crippen molar-refractivity contribution in [3.8, 4) is 0 Å². The fraction of sp³-hybridized carbons (Fsp3) is 0.667. The van der Waals surface area contributed by atoms with Gasteiger partial charge >= 0.3 is 0 Å². The summed E-state index contributed by atoms with van der Waals surface area (Å²) < 4.78 is 0. The number of hydrogen-bond donors (Lipinski definition) is 2. The highest BCUT2D eigenvalue weighted by molar-refractivity contribution is 4.71. The van der Waals surface area contributed by atoms with Crippen LogP contribution in [0, 0.1) is 0 Å². The first-order valence-electron chi connectivity index (χ1n) is 3.02. The molecule has 0 atom stereocenters. The van der Waals surface area contributed by atoms with Crippen molar-refractivity contribution >= 4 is 0 Å². The van der Waals surface area contributed by atoms with Crippen LogP contribution >= 0.6 is 0 Å². The molecule has 0 aliphatic rings. The van der Waals surface area contributed by atoms with Crippen molar-refractivity contribution in [1.82, 2.24) is 5.32 Å². The Hall–Kier alpha value is -0.660. The van der Waals surface area contributed by atoms with Crippen LogP contribution in [-0.2, 0) is 0 Å². The summed E-state index contributed by atoms with van der Waals surface area (Å²) in [6, 6.07) is 0. The lowest BCUT2D eigenvalue weighted by Gasteiger charge is -1.94. The summed E-state index contributed by atoms with van der Waals surface area (Å²) in [5.41, 5.74) is 5.07. The van der Waals surface area contributed by atoms with Gasteiger partial charge in [0.15, 0.2) is 0 Å². The van der Waals surface area contributed by atoms with Crippen molar-refractivity contribution < 1.29 is 0 Å². The number of nitrogens with two attached hydrogens (primary N) is 1. The third-order valence-electron chi connectivity index (χ3n) is 0.889.